The number of hydrogen-bond acceptors (Lipinski definition) is 2. The smallest absolute Gasteiger partial charge is 0.269 e. The van der Waals surface area contributed by atoms with E-state index in [1.165, 1.54) is 0 Å². The van der Waals surface area contributed by atoms with Crippen molar-refractivity contribution in [2.75, 3.05) is 6.67 Å². The second-order valence-electron chi connectivity index (χ2n) is 1.51. The molecule has 55 valence electrons. The average Bonchev–Trinajstić information content (AvgIpc) is 1.63. The largest absolute Gasteiger partial charge is 0.285 e. The molecule has 0 unspecified atom stereocenters. The maximum atomic E-state index is 11.3. The molecular weight excluding hydrogens is 147 g/mol. The predicted octanol–water partition coefficient (Wildman–Crippen LogP) is 0.786. The van der Waals surface area contributed by atoms with Crippen LogP contribution in [0.4, 0.5) is 4.39 Å². The highest BCUT2D eigenvalue weighted by Gasteiger charge is 2.02. The van der Waals surface area contributed by atoms with E-state index in [1.807, 2.05) is 0 Å². The van der Waals surface area contributed by atoms with Gasteiger partial charge in [0.1, 0.15) is 5.75 Å². The Morgan fingerprint density at radius 3 is 2.44 bits per heavy atom. The van der Waals surface area contributed by atoms with E-state index in [-0.39, 0.29) is 12.8 Å². The van der Waals surface area contributed by atoms with Gasteiger partial charge in [-0.2, -0.15) is 8.42 Å². The van der Waals surface area contributed by atoms with E-state index in [0.717, 1.165) is 0 Å². The van der Waals surface area contributed by atoms with Gasteiger partial charge in [0.25, 0.3) is 10.1 Å². The summed E-state index contributed by atoms with van der Waals surface area (Å²) in [6.07, 6.45) is 0.203. The van der Waals surface area contributed by atoms with Crippen molar-refractivity contribution in [3.8, 4) is 0 Å². The lowest BCUT2D eigenvalue weighted by molar-refractivity contribution is 0.465. The third kappa shape index (κ3) is 7.84. The van der Waals surface area contributed by atoms with Gasteiger partial charge in [-0.15, -0.1) is 0 Å². The van der Waals surface area contributed by atoms with Crippen molar-refractivity contribution in [2.24, 2.45) is 0 Å². The van der Waals surface area contributed by atoms with Crippen molar-refractivity contribution >= 4 is 10.1 Å². The summed E-state index contributed by atoms with van der Waals surface area (Å²) in [4.78, 5) is 0. The van der Waals surface area contributed by atoms with Gasteiger partial charge in [-0.05, 0) is 12.8 Å². The zero-order valence-corrected chi connectivity index (χ0v) is 5.57. The summed E-state index contributed by atoms with van der Waals surface area (Å²) in [5, 5.41) is 0. The minimum absolute atomic E-state index is 0.0648. The van der Waals surface area contributed by atoms with Crippen LogP contribution in [0.3, 0.4) is 0 Å². The molecule has 1 N–H and O–H groups in total. The van der Waals surface area contributed by atoms with E-state index >= 15 is 0 Å². The quantitative estimate of drug-likeness (QED) is 0.482. The minimum atomic E-state index is -3.99. The molecule has 0 fully saturated rings. The van der Waals surface area contributed by atoms with Gasteiger partial charge in [0.2, 0.25) is 0 Å². The third-order valence-corrected chi connectivity index (χ3v) is 1.32. The molecule has 9 heavy (non-hydrogen) atoms. The molecule has 3 nitrogen and oxygen atoms in total. The Kier molecular flexibility index (Phi) is 3.72. The fourth-order valence-electron chi connectivity index (χ4n) is 0.309. The molecule has 0 heterocycles. The standard InChI is InChI=1S/C4H8FO3S/c5-3-1-2-4-9(6,7)8/h4H,1-3H2,(H,6,7,8). The van der Waals surface area contributed by atoms with Crippen molar-refractivity contribution in [2.45, 2.75) is 12.8 Å². The molecular formula is C4H8FO3S. The first-order valence-electron chi connectivity index (χ1n) is 2.43. The fraction of sp³-hybridized carbons (Fsp3) is 0.750. The maximum Gasteiger partial charge on any atom is 0.269 e. The zero-order valence-electron chi connectivity index (χ0n) is 4.75. The van der Waals surface area contributed by atoms with Crippen molar-refractivity contribution in [1.82, 2.24) is 0 Å². The number of halogens is 1. The van der Waals surface area contributed by atoms with Crippen LogP contribution in [0.2, 0.25) is 0 Å². The van der Waals surface area contributed by atoms with E-state index in [1.54, 1.807) is 0 Å². The monoisotopic (exact) mass is 155 g/mol. The molecule has 0 aromatic rings. The maximum absolute atomic E-state index is 11.3. The second-order valence-corrected chi connectivity index (χ2v) is 2.88. The first kappa shape index (κ1) is 8.84. The summed E-state index contributed by atoms with van der Waals surface area (Å²) < 4.78 is 39.1. The van der Waals surface area contributed by atoms with E-state index in [4.69, 9.17) is 4.55 Å². The summed E-state index contributed by atoms with van der Waals surface area (Å²) in [5.74, 6) is 0.687. The molecule has 0 aromatic heterocycles. The number of hydrogen-bond donors (Lipinski definition) is 1. The fourth-order valence-corrected chi connectivity index (χ4v) is 0.774. The Labute approximate surface area is 53.6 Å². The second kappa shape index (κ2) is 3.79. The van der Waals surface area contributed by atoms with Gasteiger partial charge in [-0.1, -0.05) is 0 Å². The molecule has 0 saturated heterocycles. The average molecular weight is 155 g/mol. The first-order valence-corrected chi connectivity index (χ1v) is 3.93. The van der Waals surface area contributed by atoms with Crippen LogP contribution in [-0.4, -0.2) is 19.6 Å². The molecule has 5 heteroatoms. The van der Waals surface area contributed by atoms with Crippen LogP contribution in [0.25, 0.3) is 0 Å². The summed E-state index contributed by atoms with van der Waals surface area (Å²) >= 11 is 0. The highest BCUT2D eigenvalue weighted by atomic mass is 32.2. The lowest BCUT2D eigenvalue weighted by atomic mass is 10.4. The molecule has 1 radical (unpaired) electrons. The number of unbranched alkanes of at least 4 members (excludes halogenated alkanes) is 1. The van der Waals surface area contributed by atoms with Gasteiger partial charge in [-0.3, -0.25) is 8.94 Å². The topological polar surface area (TPSA) is 54.4 Å². The van der Waals surface area contributed by atoms with E-state index in [0.29, 0.717) is 5.75 Å². The SMILES string of the molecule is O=S(=O)(O)[CH]CCCF. The number of alkyl halides is 1. The lowest BCUT2D eigenvalue weighted by Crippen LogP contribution is -1.97. The van der Waals surface area contributed by atoms with E-state index < -0.39 is 16.8 Å². The molecule has 0 spiro atoms. The first-order chi connectivity index (χ1) is 4.06. The van der Waals surface area contributed by atoms with E-state index in [9.17, 15) is 12.8 Å². The summed E-state index contributed by atoms with van der Waals surface area (Å²) in [6, 6.07) is 0. The molecule has 0 atom stereocenters. The van der Waals surface area contributed by atoms with Crippen LogP contribution in [0, 0.1) is 5.75 Å². The predicted molar refractivity (Wildman–Crippen MR) is 31.1 cm³/mol. The highest BCUT2D eigenvalue weighted by molar-refractivity contribution is 7.87. The van der Waals surface area contributed by atoms with Crippen LogP contribution in [0.5, 0.6) is 0 Å². The van der Waals surface area contributed by atoms with Crippen LogP contribution in [0.15, 0.2) is 0 Å². The van der Waals surface area contributed by atoms with Crippen LogP contribution in [-0.2, 0) is 10.1 Å². The van der Waals surface area contributed by atoms with Crippen molar-refractivity contribution < 1.29 is 17.4 Å². The third-order valence-electron chi connectivity index (χ3n) is 0.666. The van der Waals surface area contributed by atoms with Crippen molar-refractivity contribution in [3.05, 3.63) is 5.75 Å². The van der Waals surface area contributed by atoms with Crippen LogP contribution in [0.1, 0.15) is 12.8 Å². The van der Waals surface area contributed by atoms with E-state index in [2.05, 4.69) is 0 Å². The Hall–Kier alpha value is -0.160. The molecule has 0 aromatic carbocycles. The van der Waals surface area contributed by atoms with Crippen molar-refractivity contribution in [1.29, 1.82) is 0 Å². The van der Waals surface area contributed by atoms with Crippen LogP contribution < -0.4 is 0 Å². The zero-order chi connectivity index (χ0) is 7.33. The summed E-state index contributed by atoms with van der Waals surface area (Å²) in [5.41, 5.74) is 0. The minimum Gasteiger partial charge on any atom is -0.285 e. The van der Waals surface area contributed by atoms with Gasteiger partial charge in [0.05, 0.1) is 6.67 Å². The van der Waals surface area contributed by atoms with Crippen LogP contribution >= 0.6 is 0 Å². The van der Waals surface area contributed by atoms with Gasteiger partial charge in [0.15, 0.2) is 0 Å². The summed E-state index contributed by atoms with van der Waals surface area (Å²) in [6.45, 7) is -0.563. The van der Waals surface area contributed by atoms with Gasteiger partial charge < -0.3 is 0 Å². The number of rotatable bonds is 4. The normalized spacial score (nSPS) is 11.8. The molecule has 0 rings (SSSR count). The Morgan fingerprint density at radius 1 is 1.56 bits per heavy atom. The highest BCUT2D eigenvalue weighted by Crippen LogP contribution is 1.99. The van der Waals surface area contributed by atoms with Crippen molar-refractivity contribution in [3.63, 3.8) is 0 Å². The molecule has 0 saturated carbocycles. The molecule has 0 amide bonds. The lowest BCUT2D eigenvalue weighted by Gasteiger charge is -1.90. The molecule has 0 aliphatic heterocycles. The summed E-state index contributed by atoms with van der Waals surface area (Å²) in [7, 11) is -3.99. The van der Waals surface area contributed by atoms with Gasteiger partial charge in [0, 0.05) is 0 Å². The Bertz CT molecular complexity index is 151. The molecule has 0 bridgehead atoms. The van der Waals surface area contributed by atoms with Gasteiger partial charge in [-0.25, -0.2) is 0 Å². The molecule has 0 aliphatic rings. The van der Waals surface area contributed by atoms with Gasteiger partial charge >= 0.3 is 0 Å². The Morgan fingerprint density at radius 2 is 2.11 bits per heavy atom. The molecule has 0 aliphatic carbocycles. The Balaban J connectivity index is 3.30.